The van der Waals surface area contributed by atoms with Crippen LogP contribution in [0.2, 0.25) is 0 Å². The molecule has 3 saturated heterocycles. The summed E-state index contributed by atoms with van der Waals surface area (Å²) in [6, 6.07) is 7.57. The highest BCUT2D eigenvalue weighted by Gasteiger charge is 2.41. The van der Waals surface area contributed by atoms with Gasteiger partial charge in [-0.15, -0.1) is 0 Å². The number of aromatic amines is 1. The molecule has 8 heteroatoms. The van der Waals surface area contributed by atoms with Gasteiger partial charge in [-0.1, -0.05) is 6.07 Å². The minimum Gasteiger partial charge on any atom is -0.361 e. The predicted octanol–water partition coefficient (Wildman–Crippen LogP) is 1.51. The zero-order valence-corrected chi connectivity index (χ0v) is 15.9. The summed E-state index contributed by atoms with van der Waals surface area (Å²) in [4.78, 5) is 18.1. The maximum Gasteiger partial charge on any atom is 0.281 e. The first-order valence-electron chi connectivity index (χ1n) is 8.92. The summed E-state index contributed by atoms with van der Waals surface area (Å²) < 4.78 is 27.9. The third-order valence-electron chi connectivity index (χ3n) is 5.53. The Balaban J connectivity index is 1.61. The zero-order chi connectivity index (χ0) is 18.5. The van der Waals surface area contributed by atoms with Crippen molar-refractivity contribution in [3.8, 4) is 0 Å². The van der Waals surface area contributed by atoms with Gasteiger partial charge in [0.25, 0.3) is 16.1 Å². The number of fused-ring (bicyclic) bond motifs is 5. The molecule has 0 saturated carbocycles. The smallest absolute Gasteiger partial charge is 0.281 e. The van der Waals surface area contributed by atoms with Gasteiger partial charge in [0.2, 0.25) is 0 Å². The summed E-state index contributed by atoms with van der Waals surface area (Å²) >= 11 is 0. The number of rotatable bonds is 3. The molecule has 0 aliphatic carbocycles. The number of carbonyl (C=O) groups is 1. The first kappa shape index (κ1) is 17.5. The Hall–Kier alpha value is -1.90. The van der Waals surface area contributed by atoms with E-state index in [9.17, 15) is 13.2 Å². The second-order valence-electron chi connectivity index (χ2n) is 7.44. The number of nitrogens with zero attached hydrogens (tertiary/aromatic N) is 3. The molecule has 7 nitrogen and oxygen atoms in total. The maximum absolute atomic E-state index is 13.1. The Bertz CT molecular complexity index is 937. The van der Waals surface area contributed by atoms with Crippen LogP contribution in [0.4, 0.5) is 0 Å². The van der Waals surface area contributed by atoms with Crippen LogP contribution < -0.4 is 0 Å². The van der Waals surface area contributed by atoms with Crippen LogP contribution in [0.25, 0.3) is 10.9 Å². The molecule has 5 rings (SSSR count). The topological polar surface area (TPSA) is 76.7 Å². The second-order valence-corrected chi connectivity index (χ2v) is 9.58. The van der Waals surface area contributed by atoms with Crippen LogP contribution in [0.1, 0.15) is 23.2 Å². The molecule has 4 heterocycles. The summed E-state index contributed by atoms with van der Waals surface area (Å²) in [7, 11) is -0.356. The molecule has 2 atom stereocenters. The second kappa shape index (κ2) is 6.37. The molecule has 1 amide bonds. The average Bonchev–Trinajstić information content (AvgIpc) is 2.88. The summed E-state index contributed by atoms with van der Waals surface area (Å²) in [5.74, 6) is 0.168. The van der Waals surface area contributed by atoms with E-state index in [1.165, 1.54) is 8.61 Å². The normalized spacial score (nSPS) is 24.3. The number of hydrogen-bond acceptors (Lipinski definition) is 3. The SMILES string of the molecule is CN(C)S(=O)(=O)N1C[C@H]2CC[C@@H](C1)N(C(=O)c1ccc3cc[nH]c3c1)C2. The van der Waals surface area contributed by atoms with E-state index >= 15 is 0 Å². The van der Waals surface area contributed by atoms with Crippen LogP contribution in [0.15, 0.2) is 30.5 Å². The molecule has 0 radical (unpaired) electrons. The first-order chi connectivity index (χ1) is 12.4. The molecule has 1 aromatic carbocycles. The largest absolute Gasteiger partial charge is 0.361 e. The number of benzene rings is 1. The van der Waals surface area contributed by atoms with E-state index < -0.39 is 10.2 Å². The van der Waals surface area contributed by atoms with Crippen molar-refractivity contribution in [3.05, 3.63) is 36.0 Å². The molecule has 26 heavy (non-hydrogen) atoms. The van der Waals surface area contributed by atoms with E-state index in [0.717, 1.165) is 23.7 Å². The van der Waals surface area contributed by atoms with Crippen LogP contribution in [-0.2, 0) is 10.2 Å². The molecule has 2 aromatic rings. The van der Waals surface area contributed by atoms with Gasteiger partial charge in [-0.25, -0.2) is 0 Å². The predicted molar refractivity (Wildman–Crippen MR) is 100 cm³/mol. The van der Waals surface area contributed by atoms with Crippen molar-refractivity contribution in [2.24, 2.45) is 5.92 Å². The van der Waals surface area contributed by atoms with Crippen molar-refractivity contribution in [1.82, 2.24) is 18.5 Å². The molecule has 3 aliphatic rings. The Morgan fingerprint density at radius 2 is 1.96 bits per heavy atom. The van der Waals surface area contributed by atoms with Gasteiger partial charge in [-0.05, 0) is 42.3 Å². The van der Waals surface area contributed by atoms with E-state index in [1.54, 1.807) is 14.1 Å². The van der Waals surface area contributed by atoms with Gasteiger partial charge in [0, 0.05) is 57.0 Å². The van der Waals surface area contributed by atoms with Crippen molar-refractivity contribution in [2.45, 2.75) is 18.9 Å². The van der Waals surface area contributed by atoms with Crippen LogP contribution in [-0.4, -0.2) is 72.6 Å². The van der Waals surface area contributed by atoms with Crippen molar-refractivity contribution in [2.75, 3.05) is 33.7 Å². The van der Waals surface area contributed by atoms with E-state index in [2.05, 4.69) is 4.98 Å². The Morgan fingerprint density at radius 1 is 1.15 bits per heavy atom. The van der Waals surface area contributed by atoms with Crippen LogP contribution in [0.5, 0.6) is 0 Å². The lowest BCUT2D eigenvalue weighted by Gasteiger charge is -2.36. The van der Waals surface area contributed by atoms with Crippen molar-refractivity contribution < 1.29 is 13.2 Å². The van der Waals surface area contributed by atoms with Gasteiger partial charge in [-0.2, -0.15) is 17.0 Å². The van der Waals surface area contributed by atoms with Gasteiger partial charge >= 0.3 is 0 Å². The van der Waals surface area contributed by atoms with E-state index in [-0.39, 0.29) is 17.9 Å². The molecule has 1 aromatic heterocycles. The van der Waals surface area contributed by atoms with Crippen molar-refractivity contribution in [1.29, 1.82) is 0 Å². The van der Waals surface area contributed by atoms with E-state index in [4.69, 9.17) is 0 Å². The molecule has 0 unspecified atom stereocenters. The van der Waals surface area contributed by atoms with Gasteiger partial charge in [0.05, 0.1) is 0 Å². The molecule has 0 spiro atoms. The number of piperidine rings is 1. The van der Waals surface area contributed by atoms with Crippen LogP contribution in [0.3, 0.4) is 0 Å². The lowest BCUT2D eigenvalue weighted by atomic mass is 9.94. The summed E-state index contributed by atoms with van der Waals surface area (Å²) in [6.45, 7) is 1.47. The monoisotopic (exact) mass is 376 g/mol. The Labute approximate surface area is 153 Å². The third kappa shape index (κ3) is 2.91. The molecule has 2 bridgehead atoms. The molecule has 1 N–H and O–H groups in total. The number of aromatic nitrogens is 1. The molecule has 140 valence electrons. The standard InChI is InChI=1S/C18H24N4O3S/c1-20(2)26(24,25)21-10-13-3-6-16(12-21)22(11-13)18(23)15-5-4-14-7-8-19-17(14)9-15/h4-5,7-9,13,16,19H,3,6,10-12H2,1-2H3/t13-,16+/m1/s1. The first-order valence-corrected chi connectivity index (χ1v) is 10.3. The van der Waals surface area contributed by atoms with Gasteiger partial charge in [-0.3, -0.25) is 4.79 Å². The molecular formula is C18H24N4O3S. The van der Waals surface area contributed by atoms with Crippen LogP contribution in [0, 0.1) is 5.92 Å². The minimum atomic E-state index is -3.46. The number of carbonyl (C=O) groups excluding carboxylic acids is 1. The summed E-state index contributed by atoms with van der Waals surface area (Å²) in [6.07, 6.45) is 3.67. The highest BCUT2D eigenvalue weighted by atomic mass is 32.2. The van der Waals surface area contributed by atoms with Gasteiger partial charge in [0.1, 0.15) is 0 Å². The highest BCUT2D eigenvalue weighted by Crippen LogP contribution is 2.31. The summed E-state index contributed by atoms with van der Waals surface area (Å²) in [5.41, 5.74) is 1.59. The summed E-state index contributed by atoms with van der Waals surface area (Å²) in [5, 5.41) is 1.07. The molecular weight excluding hydrogens is 352 g/mol. The molecule has 3 fully saturated rings. The quantitative estimate of drug-likeness (QED) is 0.882. The van der Waals surface area contributed by atoms with Crippen LogP contribution >= 0.6 is 0 Å². The lowest BCUT2D eigenvalue weighted by Crippen LogP contribution is -2.48. The Morgan fingerprint density at radius 3 is 2.73 bits per heavy atom. The van der Waals surface area contributed by atoms with E-state index in [1.807, 2.05) is 35.4 Å². The number of amides is 1. The fourth-order valence-corrected chi connectivity index (χ4v) is 5.28. The van der Waals surface area contributed by atoms with Gasteiger partial charge in [0.15, 0.2) is 0 Å². The average molecular weight is 376 g/mol. The lowest BCUT2D eigenvalue weighted by molar-refractivity contribution is 0.0588. The molecule has 3 aliphatic heterocycles. The van der Waals surface area contributed by atoms with Crippen molar-refractivity contribution >= 4 is 27.0 Å². The third-order valence-corrected chi connectivity index (χ3v) is 7.40. The van der Waals surface area contributed by atoms with Crippen molar-refractivity contribution in [3.63, 3.8) is 0 Å². The number of hydrogen-bond donors (Lipinski definition) is 1. The van der Waals surface area contributed by atoms with Gasteiger partial charge < -0.3 is 9.88 Å². The zero-order valence-electron chi connectivity index (χ0n) is 15.1. The maximum atomic E-state index is 13.1. The Kier molecular flexibility index (Phi) is 4.29. The highest BCUT2D eigenvalue weighted by molar-refractivity contribution is 7.86. The fourth-order valence-electron chi connectivity index (χ4n) is 4.05. The fraction of sp³-hybridized carbons (Fsp3) is 0.500. The van der Waals surface area contributed by atoms with E-state index in [0.29, 0.717) is 25.2 Å². The number of H-pyrrole nitrogens is 1. The number of nitrogens with one attached hydrogen (secondary N) is 1. The minimum absolute atomic E-state index is 0.0136.